The molecule has 32 heavy (non-hydrogen) atoms. The Bertz CT molecular complexity index is 854. The predicted molar refractivity (Wildman–Crippen MR) is 128 cm³/mol. The fourth-order valence-corrected chi connectivity index (χ4v) is 10.2. The summed E-state index contributed by atoms with van der Waals surface area (Å²) in [6, 6.07) is 0. The first-order chi connectivity index (χ1) is 14.8. The van der Waals surface area contributed by atoms with Gasteiger partial charge in [-0.3, -0.25) is 4.79 Å². The number of fused-ring (bicyclic) bond motifs is 7. The van der Waals surface area contributed by atoms with Gasteiger partial charge in [0.1, 0.15) is 0 Å². The molecule has 0 aliphatic heterocycles. The molecule has 0 saturated heterocycles. The van der Waals surface area contributed by atoms with Gasteiger partial charge < -0.3 is 9.84 Å². The van der Waals surface area contributed by atoms with Gasteiger partial charge in [0.2, 0.25) is 0 Å². The maximum Gasteiger partial charge on any atom is 0.312 e. The molecule has 0 aromatic heterocycles. The monoisotopic (exact) mass is 442 g/mol. The van der Waals surface area contributed by atoms with Crippen LogP contribution in [0, 0.1) is 44.8 Å². The van der Waals surface area contributed by atoms with E-state index in [-0.39, 0.29) is 33.0 Å². The third-order valence-corrected chi connectivity index (χ3v) is 12.4. The first kappa shape index (κ1) is 22.9. The normalized spacial score (nSPS) is 53.9. The summed E-state index contributed by atoms with van der Waals surface area (Å²) in [5.74, 6) is 1.37. The minimum atomic E-state index is -0.513. The van der Waals surface area contributed by atoms with Crippen molar-refractivity contribution in [2.75, 3.05) is 7.11 Å². The Hall–Kier alpha value is -0.830. The molecule has 0 spiro atoms. The fourth-order valence-electron chi connectivity index (χ4n) is 10.2. The summed E-state index contributed by atoms with van der Waals surface area (Å²) in [5.41, 5.74) is 1.60. The number of ether oxygens (including phenoxy) is 1. The summed E-state index contributed by atoms with van der Waals surface area (Å²) in [4.78, 5) is 13.3. The van der Waals surface area contributed by atoms with Crippen LogP contribution in [0.4, 0.5) is 0 Å². The summed E-state index contributed by atoms with van der Waals surface area (Å²) in [6.45, 7) is 14.5. The van der Waals surface area contributed by atoms with Gasteiger partial charge in [-0.25, -0.2) is 0 Å². The van der Waals surface area contributed by atoms with Gasteiger partial charge in [-0.05, 0) is 111 Å². The zero-order valence-corrected chi connectivity index (χ0v) is 21.6. The second-order valence-corrected chi connectivity index (χ2v) is 14.2. The highest BCUT2D eigenvalue weighted by Gasteiger charge is 2.69. The number of rotatable bonds is 1. The Morgan fingerprint density at radius 3 is 2.31 bits per heavy atom. The van der Waals surface area contributed by atoms with Crippen LogP contribution in [0.15, 0.2) is 11.6 Å². The van der Waals surface area contributed by atoms with Crippen molar-refractivity contribution >= 4 is 5.97 Å². The molecule has 0 bridgehead atoms. The molecule has 8 atom stereocenters. The van der Waals surface area contributed by atoms with Gasteiger partial charge in [-0.2, -0.15) is 0 Å². The van der Waals surface area contributed by atoms with Crippen LogP contribution in [0.25, 0.3) is 0 Å². The van der Waals surface area contributed by atoms with Crippen molar-refractivity contribution in [1.29, 1.82) is 0 Å². The molecule has 1 N–H and O–H groups in total. The zero-order valence-electron chi connectivity index (χ0n) is 21.6. The summed E-state index contributed by atoms with van der Waals surface area (Å²) in [7, 11) is 1.59. The minimum Gasteiger partial charge on any atom is -0.469 e. The number of hydrogen-bond acceptors (Lipinski definition) is 3. The average Bonchev–Trinajstić information content (AvgIpc) is 2.96. The van der Waals surface area contributed by atoms with E-state index in [1.807, 2.05) is 0 Å². The second-order valence-electron chi connectivity index (χ2n) is 14.2. The minimum absolute atomic E-state index is 0.0377. The van der Waals surface area contributed by atoms with Gasteiger partial charge in [-0.1, -0.05) is 46.3 Å². The van der Waals surface area contributed by atoms with Crippen molar-refractivity contribution in [2.45, 2.75) is 111 Å². The van der Waals surface area contributed by atoms with Crippen molar-refractivity contribution in [3.8, 4) is 0 Å². The summed E-state index contributed by atoms with van der Waals surface area (Å²) < 4.78 is 5.46. The van der Waals surface area contributed by atoms with Gasteiger partial charge in [0.05, 0.1) is 18.1 Å². The number of carbonyl (C=O) groups excluding carboxylic acids is 1. The first-order valence-electron chi connectivity index (χ1n) is 13.3. The molecule has 3 heteroatoms. The molecule has 0 heterocycles. The van der Waals surface area contributed by atoms with Crippen LogP contribution in [0.5, 0.6) is 0 Å². The lowest BCUT2D eigenvalue weighted by Gasteiger charge is -2.68. The molecule has 0 amide bonds. The van der Waals surface area contributed by atoms with E-state index in [0.29, 0.717) is 17.8 Å². The van der Waals surface area contributed by atoms with Crippen LogP contribution in [0.2, 0.25) is 0 Å². The number of esters is 1. The zero-order chi connectivity index (χ0) is 23.4. The van der Waals surface area contributed by atoms with Gasteiger partial charge in [0, 0.05) is 0 Å². The number of aliphatic hydroxyl groups is 1. The maximum absolute atomic E-state index is 13.3. The maximum atomic E-state index is 13.3. The van der Waals surface area contributed by atoms with E-state index in [1.165, 1.54) is 6.42 Å². The van der Waals surface area contributed by atoms with E-state index >= 15 is 0 Å². The van der Waals surface area contributed by atoms with Crippen molar-refractivity contribution in [3.05, 3.63) is 11.6 Å². The highest BCUT2D eigenvalue weighted by molar-refractivity contribution is 5.78. The lowest BCUT2D eigenvalue weighted by atomic mass is 9.36. The molecule has 1 unspecified atom stereocenters. The Morgan fingerprint density at radius 1 is 0.938 bits per heavy atom. The molecule has 0 radical (unpaired) electrons. The quantitative estimate of drug-likeness (QED) is 0.364. The van der Waals surface area contributed by atoms with E-state index in [4.69, 9.17) is 4.74 Å². The highest BCUT2D eigenvalue weighted by Crippen LogP contribution is 2.75. The average molecular weight is 443 g/mol. The van der Waals surface area contributed by atoms with Crippen molar-refractivity contribution < 1.29 is 14.6 Å². The topological polar surface area (TPSA) is 46.5 Å². The molecule has 5 rings (SSSR count). The molecular weight excluding hydrogens is 396 g/mol. The van der Waals surface area contributed by atoms with E-state index in [2.05, 4.69) is 47.6 Å². The Morgan fingerprint density at radius 2 is 1.62 bits per heavy atom. The molecule has 5 aliphatic carbocycles. The van der Waals surface area contributed by atoms with Gasteiger partial charge >= 0.3 is 5.97 Å². The first-order valence-corrected chi connectivity index (χ1v) is 13.3. The summed E-state index contributed by atoms with van der Waals surface area (Å²) >= 11 is 0. The lowest BCUT2D eigenvalue weighted by molar-refractivity contribution is -0.178. The molecule has 3 nitrogen and oxygen atoms in total. The molecule has 0 aromatic carbocycles. The molecular formula is C29H46O3. The lowest BCUT2D eigenvalue weighted by Crippen LogP contribution is -2.62. The molecule has 5 aliphatic rings. The van der Waals surface area contributed by atoms with Crippen LogP contribution < -0.4 is 0 Å². The molecule has 180 valence electrons. The standard InChI is InChI=1S/C29H46O3/c1-24(2)12-16-29(23(30)32-7)17-14-26(4)19(20(29)18-24)8-9-21-25(3)13-15-28(6,31)22(25)10-11-27(21,26)5/h8,20-22,31H,9-18H2,1-7H3/t20-,21+,22+,25+,26+,27+,28?,29-/m0/s1. The van der Waals surface area contributed by atoms with Crippen molar-refractivity contribution in [1.82, 2.24) is 0 Å². The summed E-state index contributed by atoms with van der Waals surface area (Å²) in [5, 5.41) is 11.2. The van der Waals surface area contributed by atoms with Crippen LogP contribution in [0.1, 0.15) is 106 Å². The van der Waals surface area contributed by atoms with Gasteiger partial charge in [0.15, 0.2) is 0 Å². The predicted octanol–water partition coefficient (Wildman–Crippen LogP) is 6.69. The van der Waals surface area contributed by atoms with Crippen LogP contribution >= 0.6 is 0 Å². The van der Waals surface area contributed by atoms with E-state index in [0.717, 1.165) is 57.8 Å². The number of hydrogen-bond donors (Lipinski definition) is 1. The third kappa shape index (κ3) is 2.67. The van der Waals surface area contributed by atoms with E-state index in [1.54, 1.807) is 12.7 Å². The highest BCUT2D eigenvalue weighted by atomic mass is 16.5. The molecule has 0 aromatic rings. The molecule has 4 saturated carbocycles. The Kier molecular flexibility index (Phi) is 4.76. The SMILES string of the molecule is COC(=O)[C@]12CCC(C)(C)C[C@H]1C1=CC[C@@H]3[C@@]4(C)CCC(C)(O)[C@@H]4CC[C@@]3(C)[C@]1(C)CC2. The second kappa shape index (κ2) is 6.64. The Labute approximate surface area is 195 Å². The van der Waals surface area contributed by atoms with Crippen LogP contribution in [-0.4, -0.2) is 23.8 Å². The number of allylic oxidation sites excluding steroid dienone is 2. The number of methoxy groups -OCH3 is 1. The largest absolute Gasteiger partial charge is 0.469 e. The van der Waals surface area contributed by atoms with Gasteiger partial charge in [-0.15, -0.1) is 0 Å². The summed E-state index contributed by atoms with van der Waals surface area (Å²) in [6.07, 6.45) is 13.4. The van der Waals surface area contributed by atoms with Crippen LogP contribution in [-0.2, 0) is 9.53 Å². The smallest absolute Gasteiger partial charge is 0.312 e. The van der Waals surface area contributed by atoms with Crippen molar-refractivity contribution in [3.63, 3.8) is 0 Å². The van der Waals surface area contributed by atoms with Crippen LogP contribution in [0.3, 0.4) is 0 Å². The van der Waals surface area contributed by atoms with E-state index < -0.39 is 5.60 Å². The van der Waals surface area contributed by atoms with E-state index in [9.17, 15) is 9.90 Å². The Balaban J connectivity index is 1.60. The third-order valence-electron chi connectivity index (χ3n) is 12.4. The van der Waals surface area contributed by atoms with Crippen molar-refractivity contribution in [2.24, 2.45) is 44.8 Å². The molecule has 4 fully saturated rings. The van der Waals surface area contributed by atoms with Gasteiger partial charge in [0.25, 0.3) is 0 Å². The number of carbonyl (C=O) groups is 1. The fraction of sp³-hybridized carbons (Fsp3) is 0.897.